The molecule has 2 aliphatic heterocycles. The van der Waals surface area contributed by atoms with Gasteiger partial charge >= 0.3 is 12.0 Å². The van der Waals surface area contributed by atoms with Crippen molar-refractivity contribution in [3.05, 3.63) is 65.0 Å². The Balaban J connectivity index is 1.70. The molecule has 28 heavy (non-hydrogen) atoms. The molecule has 1 saturated heterocycles. The minimum absolute atomic E-state index is 0.0832. The highest BCUT2D eigenvalue weighted by Gasteiger charge is 2.36. The molecule has 0 unspecified atom stereocenters. The van der Waals surface area contributed by atoms with Crippen molar-refractivity contribution in [2.75, 3.05) is 18.0 Å². The second kappa shape index (κ2) is 6.95. The lowest BCUT2D eigenvalue weighted by atomic mass is 9.93. The number of carbonyl (C=O) groups excluding carboxylic acids is 2. The van der Waals surface area contributed by atoms with Crippen molar-refractivity contribution >= 4 is 23.6 Å². The smallest absolute Gasteiger partial charge is 0.326 e. The fraction of sp³-hybridized carbons (Fsp3) is 0.250. The number of hydrogen-bond donors (Lipinski definition) is 2. The molecule has 1 fully saturated rings. The lowest BCUT2D eigenvalue weighted by Crippen LogP contribution is -2.48. The first-order valence-electron chi connectivity index (χ1n) is 8.91. The number of hydrogen-bond acceptors (Lipinski definition) is 3. The van der Waals surface area contributed by atoms with Gasteiger partial charge in [-0.3, -0.25) is 9.69 Å². The Morgan fingerprint density at radius 2 is 1.89 bits per heavy atom. The molecule has 2 heterocycles. The van der Waals surface area contributed by atoms with Gasteiger partial charge in [0.15, 0.2) is 0 Å². The Kier molecular flexibility index (Phi) is 4.46. The van der Waals surface area contributed by atoms with Crippen LogP contribution in [-0.4, -0.2) is 47.0 Å². The fourth-order valence-electron chi connectivity index (χ4n) is 3.67. The quantitative estimate of drug-likeness (QED) is 0.848. The van der Waals surface area contributed by atoms with Gasteiger partial charge in [0.05, 0.1) is 5.56 Å². The molecule has 0 aliphatic carbocycles. The lowest BCUT2D eigenvalue weighted by molar-refractivity contribution is -0.142. The van der Waals surface area contributed by atoms with E-state index in [1.54, 1.807) is 0 Å². The third-order valence-electron chi connectivity index (χ3n) is 5.14. The van der Waals surface area contributed by atoms with Crippen molar-refractivity contribution in [3.63, 3.8) is 0 Å². The minimum Gasteiger partial charge on any atom is -0.480 e. The largest absolute Gasteiger partial charge is 0.480 e. The van der Waals surface area contributed by atoms with Gasteiger partial charge in [0, 0.05) is 31.7 Å². The lowest BCUT2D eigenvalue weighted by Gasteiger charge is -2.34. The summed E-state index contributed by atoms with van der Waals surface area (Å²) in [6.45, 7) is 0.955. The van der Waals surface area contributed by atoms with Crippen LogP contribution in [0.4, 0.5) is 14.9 Å². The number of nitrogens with one attached hydrogen (secondary N) is 1. The zero-order chi connectivity index (χ0) is 19.8. The zero-order valence-corrected chi connectivity index (χ0v) is 14.9. The molecule has 8 heteroatoms. The van der Waals surface area contributed by atoms with Gasteiger partial charge < -0.3 is 15.3 Å². The van der Waals surface area contributed by atoms with E-state index in [1.165, 1.54) is 21.9 Å². The third-order valence-corrected chi connectivity index (χ3v) is 5.14. The maximum atomic E-state index is 14.5. The molecule has 2 aromatic rings. The molecular formula is C20H18FN3O4. The number of aliphatic carboxylic acids is 1. The summed E-state index contributed by atoms with van der Waals surface area (Å²) in [5.41, 5.74) is 1.85. The predicted molar refractivity (Wildman–Crippen MR) is 98.6 cm³/mol. The van der Waals surface area contributed by atoms with Gasteiger partial charge in [-0.15, -0.1) is 0 Å². The van der Waals surface area contributed by atoms with Crippen LogP contribution in [0.5, 0.6) is 0 Å². The fourth-order valence-corrected chi connectivity index (χ4v) is 3.67. The van der Waals surface area contributed by atoms with Crippen LogP contribution < -0.4 is 10.2 Å². The predicted octanol–water partition coefficient (Wildman–Crippen LogP) is 2.01. The molecule has 0 aromatic heterocycles. The highest BCUT2D eigenvalue weighted by atomic mass is 19.1. The highest BCUT2D eigenvalue weighted by Crippen LogP contribution is 2.28. The minimum atomic E-state index is -1.14. The summed E-state index contributed by atoms with van der Waals surface area (Å²) in [7, 11) is 0. The summed E-state index contributed by atoms with van der Waals surface area (Å²) < 4.78 is 14.5. The van der Waals surface area contributed by atoms with E-state index >= 15 is 0 Å². The Morgan fingerprint density at radius 1 is 1.14 bits per heavy atom. The van der Waals surface area contributed by atoms with Crippen LogP contribution in [0.15, 0.2) is 42.5 Å². The topological polar surface area (TPSA) is 89.9 Å². The average molecular weight is 383 g/mol. The van der Waals surface area contributed by atoms with Gasteiger partial charge in [-0.2, -0.15) is 0 Å². The van der Waals surface area contributed by atoms with Crippen molar-refractivity contribution < 1.29 is 23.9 Å². The monoisotopic (exact) mass is 383 g/mol. The number of nitrogens with zero attached hydrogens (tertiary/aromatic N) is 2. The summed E-state index contributed by atoms with van der Waals surface area (Å²) in [5, 5.41) is 12.3. The van der Waals surface area contributed by atoms with E-state index < -0.39 is 23.7 Å². The second-order valence-electron chi connectivity index (χ2n) is 6.81. The molecule has 0 spiro atoms. The summed E-state index contributed by atoms with van der Waals surface area (Å²) in [6.07, 6.45) is 0.160. The average Bonchev–Trinajstić information content (AvgIpc) is 3.12. The van der Waals surface area contributed by atoms with Gasteiger partial charge in [-0.05, 0) is 29.3 Å². The van der Waals surface area contributed by atoms with Crippen LogP contribution in [0, 0.1) is 5.82 Å². The number of carboxylic acid groups (broad SMARTS) is 1. The molecule has 2 aliphatic rings. The van der Waals surface area contributed by atoms with E-state index in [1.807, 2.05) is 24.3 Å². The number of carboxylic acids is 1. The van der Waals surface area contributed by atoms with Crippen molar-refractivity contribution in [3.8, 4) is 0 Å². The summed E-state index contributed by atoms with van der Waals surface area (Å²) >= 11 is 0. The van der Waals surface area contributed by atoms with E-state index in [-0.39, 0.29) is 24.6 Å². The van der Waals surface area contributed by atoms with Crippen LogP contribution >= 0.6 is 0 Å². The van der Waals surface area contributed by atoms with Crippen LogP contribution in [0.3, 0.4) is 0 Å². The maximum absolute atomic E-state index is 14.5. The SMILES string of the molecule is O=C(O)[C@@H]1Cc2ccccc2CN1C(=O)c1cc(N2CCNC2=O)ccc1F. The summed E-state index contributed by atoms with van der Waals surface area (Å²) in [5.74, 6) is -2.60. The molecule has 7 nitrogen and oxygen atoms in total. The first-order valence-corrected chi connectivity index (χ1v) is 8.91. The van der Waals surface area contributed by atoms with Crippen molar-refractivity contribution in [2.24, 2.45) is 0 Å². The third kappa shape index (κ3) is 3.06. The molecule has 0 saturated carbocycles. The number of amides is 3. The van der Waals surface area contributed by atoms with Gasteiger partial charge in [-0.1, -0.05) is 24.3 Å². The highest BCUT2D eigenvalue weighted by molar-refractivity contribution is 6.00. The first-order chi connectivity index (χ1) is 13.5. The number of carbonyl (C=O) groups is 3. The van der Waals surface area contributed by atoms with Crippen molar-refractivity contribution in [1.29, 1.82) is 0 Å². The second-order valence-corrected chi connectivity index (χ2v) is 6.81. The molecule has 2 N–H and O–H groups in total. The van der Waals surface area contributed by atoms with E-state index in [4.69, 9.17) is 0 Å². The van der Waals surface area contributed by atoms with Crippen LogP contribution in [-0.2, 0) is 17.8 Å². The van der Waals surface area contributed by atoms with Crippen LogP contribution in [0.2, 0.25) is 0 Å². The number of anilines is 1. The van der Waals surface area contributed by atoms with E-state index in [0.29, 0.717) is 18.8 Å². The van der Waals surface area contributed by atoms with Gasteiger partial charge in [0.1, 0.15) is 11.9 Å². The van der Waals surface area contributed by atoms with E-state index in [2.05, 4.69) is 5.32 Å². The Bertz CT molecular complexity index is 978. The first kappa shape index (κ1) is 18.0. The molecule has 3 amide bonds. The van der Waals surface area contributed by atoms with Crippen molar-refractivity contribution in [1.82, 2.24) is 10.2 Å². The zero-order valence-electron chi connectivity index (χ0n) is 14.9. The molecule has 1 atom stereocenters. The number of benzene rings is 2. The maximum Gasteiger partial charge on any atom is 0.326 e. The number of rotatable bonds is 3. The molecule has 0 radical (unpaired) electrons. The van der Waals surface area contributed by atoms with Crippen LogP contribution in [0.25, 0.3) is 0 Å². The van der Waals surface area contributed by atoms with Crippen molar-refractivity contribution in [2.45, 2.75) is 19.0 Å². The Morgan fingerprint density at radius 3 is 2.57 bits per heavy atom. The molecule has 2 aromatic carbocycles. The molecule has 0 bridgehead atoms. The Labute approximate surface area is 160 Å². The summed E-state index contributed by atoms with van der Waals surface area (Å²) in [6, 6.07) is 9.76. The molecule has 144 valence electrons. The van der Waals surface area contributed by atoms with Gasteiger partial charge in [0.2, 0.25) is 0 Å². The number of fused-ring (bicyclic) bond motifs is 1. The Hall–Kier alpha value is -3.42. The standard InChI is InChI=1S/C20H18FN3O4/c21-16-6-5-14(23-8-7-22-20(23)28)10-15(16)18(25)24-11-13-4-2-1-3-12(13)9-17(24)19(26)27/h1-6,10,17H,7-9,11H2,(H,22,28)(H,26,27)/t17-/m0/s1. The normalized spacial score (nSPS) is 18.6. The van der Waals surface area contributed by atoms with Gasteiger partial charge in [-0.25, -0.2) is 14.0 Å². The molecular weight excluding hydrogens is 365 g/mol. The molecule has 4 rings (SSSR count). The number of urea groups is 1. The van der Waals surface area contributed by atoms with E-state index in [9.17, 15) is 23.9 Å². The van der Waals surface area contributed by atoms with Gasteiger partial charge in [0.25, 0.3) is 5.91 Å². The summed E-state index contributed by atoms with van der Waals surface area (Å²) in [4.78, 5) is 39.3. The van der Waals surface area contributed by atoms with E-state index in [0.717, 1.165) is 17.2 Å². The van der Waals surface area contributed by atoms with Crippen LogP contribution in [0.1, 0.15) is 21.5 Å². The number of halogens is 1.